The molecule has 0 atom stereocenters. The Morgan fingerprint density at radius 1 is 1.20 bits per heavy atom. The maximum atomic E-state index is 5.90. The highest BCUT2D eigenvalue weighted by Gasteiger charge is 2.14. The van der Waals surface area contributed by atoms with Crippen molar-refractivity contribution in [3.05, 3.63) is 50.9 Å². The molecule has 1 N–H and O–H groups in total. The van der Waals surface area contributed by atoms with E-state index < -0.39 is 0 Å². The van der Waals surface area contributed by atoms with Crippen LogP contribution in [-0.2, 0) is 13.0 Å². The zero-order valence-corrected chi connectivity index (χ0v) is 13.0. The molecule has 1 saturated carbocycles. The minimum atomic E-state index is 0.719. The van der Waals surface area contributed by atoms with Crippen LogP contribution >= 0.6 is 22.9 Å². The summed E-state index contributed by atoms with van der Waals surface area (Å²) in [5.74, 6) is 0. The maximum Gasteiger partial charge on any atom is 0.0971 e. The van der Waals surface area contributed by atoms with Gasteiger partial charge in [-0.2, -0.15) is 0 Å². The van der Waals surface area contributed by atoms with Crippen LogP contribution in [0.3, 0.4) is 0 Å². The predicted octanol–water partition coefficient (Wildman–Crippen LogP) is 4.42. The summed E-state index contributed by atoms with van der Waals surface area (Å²) in [5.41, 5.74) is 1.26. The molecular formula is C16H19ClN2S. The van der Waals surface area contributed by atoms with Crippen molar-refractivity contribution < 1.29 is 0 Å². The molecule has 1 fully saturated rings. The number of thiazole rings is 1. The molecule has 3 rings (SSSR count). The van der Waals surface area contributed by atoms with Crippen molar-refractivity contribution in [1.82, 2.24) is 10.3 Å². The first-order chi connectivity index (χ1) is 9.79. The molecule has 1 heterocycles. The van der Waals surface area contributed by atoms with Gasteiger partial charge in [0.2, 0.25) is 0 Å². The summed E-state index contributed by atoms with van der Waals surface area (Å²) in [6.45, 7) is 0.961. The summed E-state index contributed by atoms with van der Waals surface area (Å²) in [4.78, 5) is 5.86. The van der Waals surface area contributed by atoms with Gasteiger partial charge in [0, 0.05) is 35.1 Å². The van der Waals surface area contributed by atoms with Crippen LogP contribution in [0.15, 0.2) is 30.5 Å². The number of halogens is 1. The topological polar surface area (TPSA) is 24.9 Å². The van der Waals surface area contributed by atoms with Crippen LogP contribution in [-0.4, -0.2) is 11.0 Å². The van der Waals surface area contributed by atoms with E-state index in [9.17, 15) is 0 Å². The lowest BCUT2D eigenvalue weighted by molar-refractivity contribution is 0.527. The third-order valence-corrected chi connectivity index (χ3v) is 5.04. The molecule has 1 aromatic heterocycles. The van der Waals surface area contributed by atoms with Gasteiger partial charge in [-0.3, -0.25) is 0 Å². The van der Waals surface area contributed by atoms with Crippen molar-refractivity contribution in [2.24, 2.45) is 0 Å². The highest BCUT2D eigenvalue weighted by molar-refractivity contribution is 7.11. The third kappa shape index (κ3) is 3.81. The Morgan fingerprint density at radius 2 is 1.95 bits per heavy atom. The van der Waals surface area contributed by atoms with Gasteiger partial charge in [0.05, 0.1) is 5.01 Å². The average molecular weight is 307 g/mol. The average Bonchev–Trinajstić information content (AvgIpc) is 3.10. The number of nitrogens with one attached hydrogen (secondary N) is 1. The molecule has 0 bridgehead atoms. The van der Waals surface area contributed by atoms with E-state index in [0.717, 1.165) is 24.0 Å². The minimum absolute atomic E-state index is 0.719. The Kier molecular flexibility index (Phi) is 4.71. The molecule has 0 amide bonds. The molecule has 2 aromatic rings. The number of hydrogen-bond donors (Lipinski definition) is 1. The molecule has 106 valence electrons. The third-order valence-electron chi connectivity index (χ3n) is 3.79. The van der Waals surface area contributed by atoms with Gasteiger partial charge in [-0.15, -0.1) is 11.3 Å². The highest BCUT2D eigenvalue weighted by Crippen LogP contribution is 2.21. The Labute approximate surface area is 129 Å². The lowest BCUT2D eigenvalue weighted by Gasteiger charge is -2.09. The van der Waals surface area contributed by atoms with Crippen LogP contribution in [0.5, 0.6) is 0 Å². The molecule has 0 aliphatic heterocycles. The Balaban J connectivity index is 1.54. The Bertz CT molecular complexity index is 544. The SMILES string of the molecule is Clc1ccc(Cc2ncc(CNC3CCCC3)s2)cc1. The zero-order chi connectivity index (χ0) is 13.8. The van der Waals surface area contributed by atoms with Gasteiger partial charge in [0.25, 0.3) is 0 Å². The summed E-state index contributed by atoms with van der Waals surface area (Å²) in [6.07, 6.45) is 8.32. The highest BCUT2D eigenvalue weighted by atomic mass is 35.5. The summed E-state index contributed by atoms with van der Waals surface area (Å²) in [6, 6.07) is 8.73. The lowest BCUT2D eigenvalue weighted by atomic mass is 10.2. The molecular weight excluding hydrogens is 288 g/mol. The molecule has 0 radical (unpaired) electrons. The molecule has 1 aliphatic rings. The monoisotopic (exact) mass is 306 g/mol. The predicted molar refractivity (Wildman–Crippen MR) is 85.5 cm³/mol. The smallest absolute Gasteiger partial charge is 0.0971 e. The quantitative estimate of drug-likeness (QED) is 0.884. The van der Waals surface area contributed by atoms with Crippen LogP contribution in [0.25, 0.3) is 0 Å². The van der Waals surface area contributed by atoms with Gasteiger partial charge < -0.3 is 5.32 Å². The molecule has 0 spiro atoms. The van der Waals surface area contributed by atoms with Crippen molar-refractivity contribution in [1.29, 1.82) is 0 Å². The Morgan fingerprint density at radius 3 is 2.70 bits per heavy atom. The summed E-state index contributed by atoms with van der Waals surface area (Å²) in [5, 5.41) is 5.60. The molecule has 0 unspecified atom stereocenters. The van der Waals surface area contributed by atoms with E-state index in [1.54, 1.807) is 0 Å². The molecule has 2 nitrogen and oxygen atoms in total. The number of aromatic nitrogens is 1. The van der Waals surface area contributed by atoms with Gasteiger partial charge >= 0.3 is 0 Å². The van der Waals surface area contributed by atoms with Crippen LogP contribution in [0.2, 0.25) is 5.02 Å². The van der Waals surface area contributed by atoms with Crippen molar-refractivity contribution >= 4 is 22.9 Å². The van der Waals surface area contributed by atoms with Crippen molar-refractivity contribution in [3.63, 3.8) is 0 Å². The van der Waals surface area contributed by atoms with E-state index in [1.807, 2.05) is 29.7 Å². The zero-order valence-electron chi connectivity index (χ0n) is 11.4. The second-order valence-electron chi connectivity index (χ2n) is 5.39. The van der Waals surface area contributed by atoms with Gasteiger partial charge in [-0.05, 0) is 30.5 Å². The first kappa shape index (κ1) is 14.1. The fraction of sp³-hybridized carbons (Fsp3) is 0.438. The number of hydrogen-bond acceptors (Lipinski definition) is 3. The summed E-state index contributed by atoms with van der Waals surface area (Å²) in [7, 11) is 0. The lowest BCUT2D eigenvalue weighted by Crippen LogP contribution is -2.24. The standard InChI is InChI=1S/C16H19ClN2S/c17-13-7-5-12(6-8-13)9-16-19-11-15(20-16)10-18-14-3-1-2-4-14/h5-8,11,14,18H,1-4,9-10H2. The number of rotatable bonds is 5. The van der Waals surface area contributed by atoms with Gasteiger partial charge in [-0.1, -0.05) is 36.6 Å². The van der Waals surface area contributed by atoms with Crippen LogP contribution in [0, 0.1) is 0 Å². The normalized spacial score (nSPS) is 15.8. The fourth-order valence-electron chi connectivity index (χ4n) is 2.66. The van der Waals surface area contributed by atoms with Gasteiger partial charge in [0.1, 0.15) is 0 Å². The number of nitrogens with zero attached hydrogens (tertiary/aromatic N) is 1. The second-order valence-corrected chi connectivity index (χ2v) is 7.02. The van der Waals surface area contributed by atoms with E-state index in [2.05, 4.69) is 22.4 Å². The summed E-state index contributed by atoms with van der Waals surface area (Å²) >= 11 is 7.71. The molecule has 0 saturated heterocycles. The molecule has 1 aliphatic carbocycles. The Hall–Kier alpha value is -0.900. The van der Waals surface area contributed by atoms with Gasteiger partial charge in [0.15, 0.2) is 0 Å². The van der Waals surface area contributed by atoms with E-state index in [4.69, 9.17) is 11.6 Å². The molecule has 20 heavy (non-hydrogen) atoms. The largest absolute Gasteiger partial charge is 0.309 e. The van der Waals surface area contributed by atoms with E-state index >= 15 is 0 Å². The van der Waals surface area contributed by atoms with Crippen molar-refractivity contribution in [3.8, 4) is 0 Å². The minimum Gasteiger partial charge on any atom is -0.309 e. The van der Waals surface area contributed by atoms with Crippen LogP contribution in [0.4, 0.5) is 0 Å². The van der Waals surface area contributed by atoms with E-state index in [1.165, 1.54) is 41.1 Å². The molecule has 1 aromatic carbocycles. The van der Waals surface area contributed by atoms with E-state index in [-0.39, 0.29) is 0 Å². The van der Waals surface area contributed by atoms with Crippen LogP contribution in [0.1, 0.15) is 41.1 Å². The van der Waals surface area contributed by atoms with Crippen molar-refractivity contribution in [2.75, 3.05) is 0 Å². The molecule has 4 heteroatoms. The second kappa shape index (κ2) is 6.70. The van der Waals surface area contributed by atoms with Gasteiger partial charge in [-0.25, -0.2) is 4.98 Å². The fourth-order valence-corrected chi connectivity index (χ4v) is 3.70. The maximum absolute atomic E-state index is 5.90. The first-order valence-corrected chi connectivity index (χ1v) is 8.40. The van der Waals surface area contributed by atoms with Crippen molar-refractivity contribution in [2.45, 2.75) is 44.7 Å². The summed E-state index contributed by atoms with van der Waals surface area (Å²) < 4.78 is 0. The van der Waals surface area contributed by atoms with E-state index in [0.29, 0.717) is 0 Å². The number of benzene rings is 1. The van der Waals surface area contributed by atoms with Crippen LogP contribution < -0.4 is 5.32 Å². The first-order valence-electron chi connectivity index (χ1n) is 7.21.